The highest BCUT2D eigenvalue weighted by atomic mass is 19.1. The maximum Gasteiger partial charge on any atom is 0.426 e. The van der Waals surface area contributed by atoms with Crippen LogP contribution in [0.1, 0.15) is 71.4 Å². The first-order valence-electron chi connectivity index (χ1n) is 12.8. The van der Waals surface area contributed by atoms with E-state index in [9.17, 15) is 23.6 Å². The fraction of sp³-hybridized carbons (Fsp3) is 0.630. The largest absolute Gasteiger partial charge is 0.448 e. The minimum absolute atomic E-state index is 0.0180. The van der Waals surface area contributed by atoms with Gasteiger partial charge in [0.05, 0.1) is 6.61 Å². The van der Waals surface area contributed by atoms with Crippen LogP contribution in [0.2, 0.25) is 0 Å². The number of halogens is 1. The third-order valence-electron chi connectivity index (χ3n) is 6.17. The van der Waals surface area contributed by atoms with Crippen LogP contribution in [0.25, 0.3) is 0 Å². The summed E-state index contributed by atoms with van der Waals surface area (Å²) in [6.07, 6.45) is 1.67. The number of hydrogen-bond acceptors (Lipinski definition) is 5. The van der Waals surface area contributed by atoms with Crippen molar-refractivity contribution in [2.45, 2.75) is 79.8 Å². The summed E-state index contributed by atoms with van der Waals surface area (Å²) >= 11 is 0. The van der Waals surface area contributed by atoms with Gasteiger partial charge in [0.25, 0.3) is 0 Å². The standard InChI is InChI=1S/C27H41FN4O5/c1-18-10-11-21(22(28)13-18)15-29-25(35)19(2)14-23(33)32(30-26(36)37-17-27(4,5)6)16-24(34)31-12-8-7-9-20(31)3/h10-11,13,19-20H,7-9,12,14-17H2,1-6H3,(H,29,35)(H,30,36)/t19-,20+/m1/s1. The number of likely N-dealkylation sites (tertiary alicyclic amines) is 1. The molecule has 0 spiro atoms. The van der Waals surface area contributed by atoms with Crippen LogP contribution in [0.3, 0.4) is 0 Å². The van der Waals surface area contributed by atoms with Crippen molar-refractivity contribution in [2.75, 3.05) is 19.7 Å². The minimum atomic E-state index is -0.852. The van der Waals surface area contributed by atoms with Gasteiger partial charge in [-0.05, 0) is 50.2 Å². The van der Waals surface area contributed by atoms with E-state index < -0.39 is 29.6 Å². The molecule has 9 nitrogen and oxygen atoms in total. The van der Waals surface area contributed by atoms with Gasteiger partial charge < -0.3 is 15.0 Å². The Morgan fingerprint density at radius 3 is 2.54 bits per heavy atom. The third kappa shape index (κ3) is 10.0. The lowest BCUT2D eigenvalue weighted by atomic mass is 9.99. The lowest BCUT2D eigenvalue weighted by molar-refractivity contribution is -0.145. The molecule has 0 bridgehead atoms. The number of benzene rings is 1. The Kier molecular flexibility index (Phi) is 10.9. The van der Waals surface area contributed by atoms with Crippen LogP contribution < -0.4 is 10.7 Å². The third-order valence-corrected chi connectivity index (χ3v) is 6.17. The highest BCUT2D eigenvalue weighted by Crippen LogP contribution is 2.17. The van der Waals surface area contributed by atoms with Crippen molar-refractivity contribution in [1.82, 2.24) is 20.7 Å². The van der Waals surface area contributed by atoms with Crippen molar-refractivity contribution in [1.29, 1.82) is 0 Å². The number of rotatable bonds is 8. The highest BCUT2D eigenvalue weighted by Gasteiger charge is 2.29. The summed E-state index contributed by atoms with van der Waals surface area (Å²) in [4.78, 5) is 52.8. The van der Waals surface area contributed by atoms with Crippen LogP contribution in [0, 0.1) is 24.1 Å². The van der Waals surface area contributed by atoms with E-state index in [0.29, 0.717) is 12.1 Å². The Bertz CT molecular complexity index is 978. The van der Waals surface area contributed by atoms with Gasteiger partial charge in [0, 0.05) is 37.0 Å². The summed E-state index contributed by atoms with van der Waals surface area (Å²) in [5, 5.41) is 3.57. The van der Waals surface area contributed by atoms with Crippen LogP contribution in [0.4, 0.5) is 9.18 Å². The SMILES string of the molecule is Cc1ccc(CNC(=O)[C@H](C)CC(=O)N(CC(=O)N2CCCC[C@@H]2C)NC(=O)OCC(C)(C)C)c(F)c1. The van der Waals surface area contributed by atoms with Crippen LogP contribution in [-0.2, 0) is 25.7 Å². The number of hydrogen-bond donors (Lipinski definition) is 2. The molecule has 4 amide bonds. The Labute approximate surface area is 219 Å². The predicted octanol–water partition coefficient (Wildman–Crippen LogP) is 3.69. The topological polar surface area (TPSA) is 108 Å². The van der Waals surface area contributed by atoms with Crippen LogP contribution in [-0.4, -0.2) is 59.5 Å². The summed E-state index contributed by atoms with van der Waals surface area (Å²) in [6.45, 7) is 11.3. The second-order valence-electron chi connectivity index (χ2n) is 11.1. The van der Waals surface area contributed by atoms with Crippen molar-refractivity contribution < 1.29 is 28.3 Å². The second-order valence-corrected chi connectivity index (χ2v) is 11.1. The average Bonchev–Trinajstić information content (AvgIpc) is 2.81. The van der Waals surface area contributed by atoms with E-state index in [0.717, 1.165) is 29.8 Å². The summed E-state index contributed by atoms with van der Waals surface area (Å²) in [5.41, 5.74) is 3.21. The molecule has 37 heavy (non-hydrogen) atoms. The molecular formula is C27H41FN4O5. The smallest absolute Gasteiger partial charge is 0.426 e. The zero-order valence-electron chi connectivity index (χ0n) is 22.9. The van der Waals surface area contributed by atoms with Gasteiger partial charge in [-0.1, -0.05) is 39.8 Å². The van der Waals surface area contributed by atoms with Crippen molar-refractivity contribution in [3.05, 3.63) is 35.1 Å². The summed E-state index contributed by atoms with van der Waals surface area (Å²) in [7, 11) is 0. The maximum atomic E-state index is 14.1. The molecule has 0 aliphatic carbocycles. The van der Waals surface area contributed by atoms with E-state index in [-0.39, 0.29) is 43.5 Å². The summed E-state index contributed by atoms with van der Waals surface area (Å²) in [6, 6.07) is 4.78. The molecule has 206 valence electrons. The first kappa shape index (κ1) is 30.1. The number of nitrogens with one attached hydrogen (secondary N) is 2. The molecule has 2 rings (SSSR count). The lowest BCUT2D eigenvalue weighted by Crippen LogP contribution is -2.54. The number of carbonyl (C=O) groups excluding carboxylic acids is 4. The number of amides is 4. The molecule has 0 radical (unpaired) electrons. The molecular weight excluding hydrogens is 479 g/mol. The quantitative estimate of drug-likeness (QED) is 0.509. The first-order chi connectivity index (χ1) is 17.3. The van der Waals surface area contributed by atoms with E-state index in [1.807, 2.05) is 27.7 Å². The van der Waals surface area contributed by atoms with E-state index in [2.05, 4.69) is 10.7 Å². The number of aryl methyl sites for hydroxylation is 1. The summed E-state index contributed by atoms with van der Waals surface area (Å²) in [5.74, 6) is -2.53. The van der Waals surface area contributed by atoms with Crippen molar-refractivity contribution in [3.63, 3.8) is 0 Å². The maximum absolute atomic E-state index is 14.1. The van der Waals surface area contributed by atoms with Gasteiger partial charge in [0.2, 0.25) is 17.7 Å². The molecule has 1 aliphatic rings. The van der Waals surface area contributed by atoms with E-state index in [1.54, 1.807) is 30.9 Å². The van der Waals surface area contributed by atoms with Gasteiger partial charge in [-0.25, -0.2) is 19.6 Å². The van der Waals surface area contributed by atoms with Crippen LogP contribution in [0.15, 0.2) is 18.2 Å². The number of hydrazine groups is 1. The Morgan fingerprint density at radius 2 is 1.92 bits per heavy atom. The van der Waals surface area contributed by atoms with E-state index >= 15 is 0 Å². The number of piperidine rings is 1. The molecule has 0 unspecified atom stereocenters. The van der Waals surface area contributed by atoms with Crippen molar-refractivity contribution in [2.24, 2.45) is 11.3 Å². The zero-order valence-corrected chi connectivity index (χ0v) is 22.9. The predicted molar refractivity (Wildman–Crippen MR) is 137 cm³/mol. The molecule has 1 aliphatic heterocycles. The molecule has 10 heteroatoms. The Hall–Kier alpha value is -3.17. The molecule has 1 aromatic carbocycles. The molecule has 0 saturated carbocycles. The van der Waals surface area contributed by atoms with E-state index in [4.69, 9.17) is 4.74 Å². The number of ether oxygens (including phenoxy) is 1. The molecule has 1 heterocycles. The molecule has 1 aromatic rings. The van der Waals surface area contributed by atoms with Gasteiger partial charge in [-0.2, -0.15) is 0 Å². The van der Waals surface area contributed by atoms with E-state index in [1.165, 1.54) is 6.07 Å². The second kappa shape index (κ2) is 13.4. The molecule has 2 atom stereocenters. The number of carbonyl (C=O) groups is 4. The fourth-order valence-corrected chi connectivity index (χ4v) is 3.93. The van der Waals surface area contributed by atoms with Crippen molar-refractivity contribution in [3.8, 4) is 0 Å². The number of nitrogens with zero attached hydrogens (tertiary/aromatic N) is 2. The van der Waals surface area contributed by atoms with Gasteiger partial charge in [0.15, 0.2) is 0 Å². The van der Waals surface area contributed by atoms with Crippen LogP contribution >= 0.6 is 0 Å². The lowest BCUT2D eigenvalue weighted by Gasteiger charge is -2.35. The van der Waals surface area contributed by atoms with Gasteiger partial charge in [0.1, 0.15) is 12.4 Å². The molecule has 1 saturated heterocycles. The van der Waals surface area contributed by atoms with Crippen molar-refractivity contribution >= 4 is 23.8 Å². The molecule has 0 aromatic heterocycles. The Balaban J connectivity index is 2.03. The Morgan fingerprint density at radius 1 is 1.22 bits per heavy atom. The normalized spacial score (nSPS) is 16.5. The van der Waals surface area contributed by atoms with Gasteiger partial charge in [-0.3, -0.25) is 14.4 Å². The average molecular weight is 521 g/mol. The molecule has 2 N–H and O–H groups in total. The van der Waals surface area contributed by atoms with Gasteiger partial charge >= 0.3 is 6.09 Å². The monoisotopic (exact) mass is 520 g/mol. The zero-order chi connectivity index (χ0) is 27.8. The van der Waals surface area contributed by atoms with Gasteiger partial charge in [-0.15, -0.1) is 0 Å². The van der Waals surface area contributed by atoms with Crippen LogP contribution in [0.5, 0.6) is 0 Å². The minimum Gasteiger partial charge on any atom is -0.448 e. The summed E-state index contributed by atoms with van der Waals surface area (Å²) < 4.78 is 19.3. The highest BCUT2D eigenvalue weighted by molar-refractivity contribution is 5.89. The fourth-order valence-electron chi connectivity index (χ4n) is 3.93. The first-order valence-corrected chi connectivity index (χ1v) is 12.8. The molecule has 1 fully saturated rings.